The molecule has 1 rings (SSSR count). The predicted octanol–water partition coefficient (Wildman–Crippen LogP) is -1.18. The van der Waals surface area contributed by atoms with Crippen molar-refractivity contribution in [2.75, 3.05) is 0 Å². The van der Waals surface area contributed by atoms with Crippen molar-refractivity contribution in [3.05, 3.63) is 21.8 Å². The monoisotopic (exact) mass is 268 g/mol. The smallest absolute Gasteiger partial charge is 1.00 e. The SMILES string of the molecule is Clc1cc[c-]s1.[I-].[Mg+2]. The van der Waals surface area contributed by atoms with Crippen LogP contribution in [0.3, 0.4) is 0 Å². The van der Waals surface area contributed by atoms with E-state index >= 15 is 0 Å². The third-order valence-corrected chi connectivity index (χ3v) is 1.38. The molecule has 1 heterocycles. The fourth-order valence-corrected chi connectivity index (χ4v) is 0.805. The molecule has 4 heteroatoms. The third kappa shape index (κ3) is 4.37. The van der Waals surface area contributed by atoms with Gasteiger partial charge in [0.2, 0.25) is 0 Å². The second kappa shape index (κ2) is 6.60. The van der Waals surface area contributed by atoms with Crippen LogP contribution in [0.2, 0.25) is 4.34 Å². The van der Waals surface area contributed by atoms with Crippen LogP contribution < -0.4 is 24.0 Å². The van der Waals surface area contributed by atoms with Gasteiger partial charge in [0, 0.05) is 0 Å². The van der Waals surface area contributed by atoms with Crippen molar-refractivity contribution in [2.45, 2.75) is 0 Å². The number of thiophene rings is 1. The molecule has 8 heavy (non-hydrogen) atoms. The molecule has 0 nitrogen and oxygen atoms in total. The van der Waals surface area contributed by atoms with Gasteiger partial charge in [0.05, 0.1) is 0 Å². The number of hydrogen-bond donors (Lipinski definition) is 0. The molecular weight excluding hydrogens is 267 g/mol. The Bertz CT molecular complexity index is 120. The van der Waals surface area contributed by atoms with Gasteiger partial charge < -0.3 is 24.0 Å². The van der Waals surface area contributed by atoms with Crippen LogP contribution in [0.1, 0.15) is 0 Å². The summed E-state index contributed by atoms with van der Waals surface area (Å²) in [5.41, 5.74) is 0. The van der Waals surface area contributed by atoms with E-state index in [0.29, 0.717) is 0 Å². The van der Waals surface area contributed by atoms with Gasteiger partial charge in [-0.15, -0.1) is 5.38 Å². The maximum atomic E-state index is 5.44. The van der Waals surface area contributed by atoms with Crippen LogP contribution in [0.4, 0.5) is 0 Å². The maximum absolute atomic E-state index is 5.44. The van der Waals surface area contributed by atoms with E-state index in [0.717, 1.165) is 4.34 Å². The van der Waals surface area contributed by atoms with Gasteiger partial charge in [0.25, 0.3) is 0 Å². The third-order valence-electron chi connectivity index (χ3n) is 0.439. The summed E-state index contributed by atoms with van der Waals surface area (Å²) in [7, 11) is 0. The minimum Gasteiger partial charge on any atom is -1.00 e. The summed E-state index contributed by atoms with van der Waals surface area (Å²) < 4.78 is 0.801. The summed E-state index contributed by atoms with van der Waals surface area (Å²) >= 11 is 6.86. The van der Waals surface area contributed by atoms with Crippen LogP contribution >= 0.6 is 22.9 Å². The minimum atomic E-state index is 0. The van der Waals surface area contributed by atoms with E-state index in [1.807, 2.05) is 6.07 Å². The van der Waals surface area contributed by atoms with Gasteiger partial charge in [-0.3, -0.25) is 11.3 Å². The van der Waals surface area contributed by atoms with Gasteiger partial charge in [-0.25, -0.2) is 0 Å². The van der Waals surface area contributed by atoms with E-state index in [-0.39, 0.29) is 47.0 Å². The van der Waals surface area contributed by atoms with Crippen LogP contribution in [0, 0.1) is 5.38 Å². The Balaban J connectivity index is 0. The van der Waals surface area contributed by atoms with Crippen molar-refractivity contribution >= 4 is 46.0 Å². The average molecular weight is 269 g/mol. The van der Waals surface area contributed by atoms with Crippen molar-refractivity contribution in [3.8, 4) is 0 Å². The van der Waals surface area contributed by atoms with Crippen LogP contribution in [-0.2, 0) is 0 Å². The fourth-order valence-electron chi connectivity index (χ4n) is 0.224. The average Bonchev–Trinajstić information content (AvgIpc) is 1.86. The summed E-state index contributed by atoms with van der Waals surface area (Å²) in [5.74, 6) is 0. The van der Waals surface area contributed by atoms with E-state index in [1.54, 1.807) is 6.07 Å². The molecule has 1 aromatic heterocycles. The molecule has 0 fully saturated rings. The molecule has 0 N–H and O–H groups in total. The summed E-state index contributed by atoms with van der Waals surface area (Å²) in [4.78, 5) is 0. The van der Waals surface area contributed by atoms with E-state index in [2.05, 4.69) is 5.38 Å². The molecule has 1 aromatic rings. The second-order valence-corrected chi connectivity index (χ2v) is 2.37. The maximum Gasteiger partial charge on any atom is 2.00 e. The second-order valence-electron chi connectivity index (χ2n) is 0.857. The van der Waals surface area contributed by atoms with Crippen LogP contribution in [0.15, 0.2) is 12.1 Å². The Morgan fingerprint density at radius 1 is 1.62 bits per heavy atom. The van der Waals surface area contributed by atoms with E-state index < -0.39 is 0 Å². The van der Waals surface area contributed by atoms with Crippen LogP contribution in [0.5, 0.6) is 0 Å². The molecule has 0 spiro atoms. The van der Waals surface area contributed by atoms with Gasteiger partial charge in [-0.2, -0.15) is 23.7 Å². The zero-order valence-electron chi connectivity index (χ0n) is 4.03. The molecule has 0 amide bonds. The van der Waals surface area contributed by atoms with Crippen LogP contribution in [0.25, 0.3) is 0 Å². The molecule has 0 atom stereocenters. The van der Waals surface area contributed by atoms with Gasteiger partial charge in [0.1, 0.15) is 0 Å². The van der Waals surface area contributed by atoms with E-state index in [9.17, 15) is 0 Å². The molecule has 0 aliphatic heterocycles. The Morgan fingerprint density at radius 2 is 2.25 bits per heavy atom. The molecule has 0 aromatic carbocycles. The molecular formula is C4H2ClIMgS. The first-order chi connectivity index (χ1) is 2.89. The molecule has 0 aliphatic carbocycles. The first-order valence-electron chi connectivity index (χ1n) is 1.51. The Morgan fingerprint density at radius 3 is 2.38 bits per heavy atom. The fraction of sp³-hybridized carbons (Fsp3) is 0. The molecule has 0 saturated carbocycles. The zero-order chi connectivity index (χ0) is 4.41. The minimum absolute atomic E-state index is 0. The van der Waals surface area contributed by atoms with Crippen molar-refractivity contribution in [1.82, 2.24) is 0 Å². The summed E-state index contributed by atoms with van der Waals surface area (Å²) in [6.07, 6.45) is 0. The van der Waals surface area contributed by atoms with Gasteiger partial charge >= 0.3 is 23.1 Å². The molecule has 0 saturated heterocycles. The molecule has 40 valence electrons. The molecule has 0 bridgehead atoms. The quantitative estimate of drug-likeness (QED) is 0.316. The topological polar surface area (TPSA) is 0 Å². The van der Waals surface area contributed by atoms with E-state index in [1.165, 1.54) is 11.3 Å². The molecule has 0 radical (unpaired) electrons. The summed E-state index contributed by atoms with van der Waals surface area (Å²) in [6, 6.07) is 3.61. The van der Waals surface area contributed by atoms with Crippen molar-refractivity contribution in [1.29, 1.82) is 0 Å². The first kappa shape index (κ1) is 12.2. The molecule has 0 unspecified atom stereocenters. The standard InChI is InChI=1S/C4H2ClS.HI.Mg/c5-4-2-1-3-6-4;;/h1-2H;1H;/q-1;;+2/p-1. The van der Waals surface area contributed by atoms with Gasteiger partial charge in [0.15, 0.2) is 0 Å². The Labute approximate surface area is 90.8 Å². The van der Waals surface area contributed by atoms with Crippen molar-refractivity contribution in [3.63, 3.8) is 0 Å². The summed E-state index contributed by atoms with van der Waals surface area (Å²) in [5, 5.41) is 2.84. The predicted molar refractivity (Wildman–Crippen MR) is 33.9 cm³/mol. The number of halogens is 2. The number of rotatable bonds is 0. The van der Waals surface area contributed by atoms with Crippen molar-refractivity contribution in [2.24, 2.45) is 0 Å². The molecule has 0 aliphatic rings. The largest absolute Gasteiger partial charge is 2.00 e. The normalized spacial score (nSPS) is 6.62. The number of hydrogen-bond acceptors (Lipinski definition) is 1. The van der Waals surface area contributed by atoms with Crippen LogP contribution in [-0.4, -0.2) is 23.1 Å². The Kier molecular flexibility index (Phi) is 10.1. The zero-order valence-corrected chi connectivity index (χ0v) is 9.17. The van der Waals surface area contributed by atoms with Gasteiger partial charge in [-0.05, 0) is 0 Å². The first-order valence-corrected chi connectivity index (χ1v) is 2.70. The Hall–Kier alpha value is 1.49. The summed E-state index contributed by atoms with van der Waals surface area (Å²) in [6.45, 7) is 0. The van der Waals surface area contributed by atoms with Crippen molar-refractivity contribution < 1.29 is 24.0 Å². The van der Waals surface area contributed by atoms with Gasteiger partial charge in [-0.1, -0.05) is 4.34 Å². The van der Waals surface area contributed by atoms with E-state index in [4.69, 9.17) is 11.6 Å².